The number of piperazine rings is 1. The molecule has 0 spiro atoms. The van der Waals surface area contributed by atoms with Gasteiger partial charge >= 0.3 is 11.8 Å². The summed E-state index contributed by atoms with van der Waals surface area (Å²) in [6.07, 6.45) is 0. The lowest BCUT2D eigenvalue weighted by atomic mass is 10.0. The minimum absolute atomic E-state index is 0.0166. The molecule has 0 aromatic heterocycles. The number of nitrogens with one attached hydrogen (secondary N) is 2. The van der Waals surface area contributed by atoms with Crippen LogP contribution in [0.25, 0.3) is 0 Å². The summed E-state index contributed by atoms with van der Waals surface area (Å²) in [6, 6.07) is 13.5. The van der Waals surface area contributed by atoms with Gasteiger partial charge in [-0.05, 0) is 55.8 Å². The number of ether oxygens (including phenoxy) is 1. The van der Waals surface area contributed by atoms with Gasteiger partial charge in [-0.15, -0.1) is 0 Å². The van der Waals surface area contributed by atoms with Gasteiger partial charge < -0.3 is 20.3 Å². The molecular weight excluding hydrogens is 392 g/mol. The van der Waals surface area contributed by atoms with E-state index in [1.165, 1.54) is 0 Å². The lowest BCUT2D eigenvalue weighted by molar-refractivity contribution is -0.136. The Bertz CT molecular complexity index is 906. The van der Waals surface area contributed by atoms with E-state index in [-0.39, 0.29) is 6.04 Å². The smallest absolute Gasteiger partial charge is 0.313 e. The number of likely N-dealkylation sites (N-methyl/N-ethyl adjacent to an activating group) is 1. The molecule has 31 heavy (non-hydrogen) atoms. The summed E-state index contributed by atoms with van der Waals surface area (Å²) in [5, 5.41) is 5.56. The van der Waals surface area contributed by atoms with Crippen LogP contribution in [0.1, 0.15) is 22.7 Å². The molecule has 7 nitrogen and oxygen atoms in total. The molecular formula is C24H32N4O3. The highest BCUT2D eigenvalue weighted by Gasteiger charge is 2.25. The van der Waals surface area contributed by atoms with E-state index in [0.717, 1.165) is 48.6 Å². The standard InChI is InChI=1S/C24H32N4O3/c1-17-6-5-7-21(18(17)2)26-24(30)23(29)25-16-22(28-14-12-27(3)13-15-28)19-8-10-20(31-4)11-9-19/h5-11,22H,12-16H2,1-4H3,(H,25,29)(H,26,30)/t22-/m1/s1. The lowest BCUT2D eigenvalue weighted by Crippen LogP contribution is -2.49. The highest BCUT2D eigenvalue weighted by Crippen LogP contribution is 2.24. The first-order valence-electron chi connectivity index (χ1n) is 10.6. The topological polar surface area (TPSA) is 73.9 Å². The zero-order chi connectivity index (χ0) is 22.4. The van der Waals surface area contributed by atoms with Gasteiger partial charge in [-0.2, -0.15) is 0 Å². The van der Waals surface area contributed by atoms with Gasteiger partial charge in [0.2, 0.25) is 0 Å². The van der Waals surface area contributed by atoms with E-state index in [2.05, 4.69) is 27.5 Å². The van der Waals surface area contributed by atoms with Crippen LogP contribution in [0.2, 0.25) is 0 Å². The van der Waals surface area contributed by atoms with E-state index in [1.807, 2.05) is 50.2 Å². The predicted molar refractivity (Wildman–Crippen MR) is 122 cm³/mol. The maximum atomic E-state index is 12.5. The predicted octanol–water partition coefficient (Wildman–Crippen LogP) is 2.36. The van der Waals surface area contributed by atoms with Crippen LogP contribution in [-0.4, -0.2) is 68.5 Å². The van der Waals surface area contributed by atoms with Gasteiger partial charge in [0.1, 0.15) is 5.75 Å². The van der Waals surface area contributed by atoms with Crippen molar-refractivity contribution in [2.45, 2.75) is 19.9 Å². The Kier molecular flexibility index (Phi) is 7.65. The Morgan fingerprint density at radius 2 is 1.68 bits per heavy atom. The third-order valence-electron chi connectivity index (χ3n) is 5.99. The fourth-order valence-corrected chi connectivity index (χ4v) is 3.75. The van der Waals surface area contributed by atoms with Crippen molar-refractivity contribution in [2.75, 3.05) is 52.2 Å². The number of amides is 2. The molecule has 0 saturated carbocycles. The molecule has 0 bridgehead atoms. The normalized spacial score (nSPS) is 15.9. The molecule has 2 amide bonds. The number of carbonyl (C=O) groups is 2. The first-order chi connectivity index (χ1) is 14.9. The maximum absolute atomic E-state index is 12.5. The van der Waals surface area contributed by atoms with Crippen LogP contribution in [0.3, 0.4) is 0 Å². The Labute approximate surface area is 184 Å². The first-order valence-corrected chi connectivity index (χ1v) is 10.6. The van der Waals surface area contributed by atoms with E-state index < -0.39 is 11.8 Å². The van der Waals surface area contributed by atoms with Crippen molar-refractivity contribution in [3.63, 3.8) is 0 Å². The number of rotatable bonds is 6. The highest BCUT2D eigenvalue weighted by molar-refractivity contribution is 6.39. The van der Waals surface area contributed by atoms with E-state index in [1.54, 1.807) is 13.2 Å². The number of carbonyl (C=O) groups excluding carboxylic acids is 2. The van der Waals surface area contributed by atoms with Crippen LogP contribution in [0.4, 0.5) is 5.69 Å². The molecule has 1 saturated heterocycles. The van der Waals surface area contributed by atoms with Crippen LogP contribution >= 0.6 is 0 Å². The van der Waals surface area contributed by atoms with Crippen LogP contribution in [0, 0.1) is 13.8 Å². The maximum Gasteiger partial charge on any atom is 0.313 e. The van der Waals surface area contributed by atoms with Gasteiger partial charge in [0.05, 0.1) is 13.2 Å². The largest absolute Gasteiger partial charge is 0.497 e. The number of benzene rings is 2. The molecule has 7 heteroatoms. The summed E-state index contributed by atoms with van der Waals surface area (Å²) in [4.78, 5) is 29.7. The van der Waals surface area contributed by atoms with Gasteiger partial charge in [0.25, 0.3) is 0 Å². The van der Waals surface area contributed by atoms with E-state index >= 15 is 0 Å². The molecule has 166 valence electrons. The first kappa shape index (κ1) is 22.8. The fraction of sp³-hybridized carbons (Fsp3) is 0.417. The van der Waals surface area contributed by atoms with Gasteiger partial charge in [-0.3, -0.25) is 14.5 Å². The molecule has 2 aromatic carbocycles. The number of nitrogens with zero attached hydrogens (tertiary/aromatic N) is 2. The monoisotopic (exact) mass is 424 g/mol. The molecule has 1 atom stereocenters. The molecule has 1 aliphatic heterocycles. The van der Waals surface area contributed by atoms with E-state index in [4.69, 9.17) is 4.74 Å². The molecule has 0 radical (unpaired) electrons. The average Bonchev–Trinajstić information content (AvgIpc) is 2.78. The van der Waals surface area contributed by atoms with Gasteiger partial charge in [-0.25, -0.2) is 0 Å². The summed E-state index contributed by atoms with van der Waals surface area (Å²) in [6.45, 7) is 7.99. The number of anilines is 1. The molecule has 1 heterocycles. The summed E-state index contributed by atoms with van der Waals surface area (Å²) in [7, 11) is 3.75. The number of methoxy groups -OCH3 is 1. The minimum atomic E-state index is -0.652. The van der Waals surface area contributed by atoms with Crippen molar-refractivity contribution in [2.24, 2.45) is 0 Å². The van der Waals surface area contributed by atoms with Crippen molar-refractivity contribution < 1.29 is 14.3 Å². The van der Waals surface area contributed by atoms with Crippen LogP contribution in [0.5, 0.6) is 5.75 Å². The molecule has 0 unspecified atom stereocenters. The second-order valence-electron chi connectivity index (χ2n) is 8.04. The Morgan fingerprint density at radius 1 is 1.00 bits per heavy atom. The molecule has 0 aliphatic carbocycles. The van der Waals surface area contributed by atoms with Crippen LogP contribution < -0.4 is 15.4 Å². The SMILES string of the molecule is COc1ccc([C@@H](CNC(=O)C(=O)Nc2cccc(C)c2C)N2CCN(C)CC2)cc1. The molecule has 1 fully saturated rings. The molecule has 3 rings (SSSR count). The second kappa shape index (κ2) is 10.4. The lowest BCUT2D eigenvalue weighted by Gasteiger charge is -2.38. The van der Waals surface area contributed by atoms with E-state index in [9.17, 15) is 9.59 Å². The van der Waals surface area contributed by atoms with Crippen molar-refractivity contribution >= 4 is 17.5 Å². The van der Waals surface area contributed by atoms with Crippen LogP contribution in [-0.2, 0) is 9.59 Å². The van der Waals surface area contributed by atoms with Crippen molar-refractivity contribution in [3.8, 4) is 5.75 Å². The third kappa shape index (κ3) is 5.83. The fourth-order valence-electron chi connectivity index (χ4n) is 3.75. The van der Waals surface area contributed by atoms with Gasteiger partial charge in [0, 0.05) is 38.4 Å². The molecule has 2 N–H and O–H groups in total. The van der Waals surface area contributed by atoms with Gasteiger partial charge in [0.15, 0.2) is 0 Å². The zero-order valence-electron chi connectivity index (χ0n) is 18.8. The molecule has 2 aromatic rings. The Balaban J connectivity index is 1.67. The zero-order valence-corrected chi connectivity index (χ0v) is 18.8. The average molecular weight is 425 g/mol. The van der Waals surface area contributed by atoms with E-state index in [0.29, 0.717) is 12.2 Å². The van der Waals surface area contributed by atoms with Crippen LogP contribution in [0.15, 0.2) is 42.5 Å². The number of hydrogen-bond acceptors (Lipinski definition) is 5. The Hall–Kier alpha value is -2.90. The second-order valence-corrected chi connectivity index (χ2v) is 8.04. The quantitative estimate of drug-likeness (QED) is 0.697. The van der Waals surface area contributed by atoms with Crippen molar-refractivity contribution in [3.05, 3.63) is 59.2 Å². The summed E-state index contributed by atoms with van der Waals surface area (Å²) in [5.41, 5.74) is 3.76. The Morgan fingerprint density at radius 3 is 2.32 bits per heavy atom. The summed E-state index contributed by atoms with van der Waals surface area (Å²) >= 11 is 0. The summed E-state index contributed by atoms with van der Waals surface area (Å²) < 4.78 is 5.27. The van der Waals surface area contributed by atoms with Crippen molar-refractivity contribution in [1.82, 2.24) is 15.1 Å². The van der Waals surface area contributed by atoms with Crippen molar-refractivity contribution in [1.29, 1.82) is 0 Å². The minimum Gasteiger partial charge on any atom is -0.497 e. The highest BCUT2D eigenvalue weighted by atomic mass is 16.5. The van der Waals surface area contributed by atoms with Gasteiger partial charge in [-0.1, -0.05) is 24.3 Å². The number of hydrogen-bond donors (Lipinski definition) is 2. The number of aryl methyl sites for hydroxylation is 1. The third-order valence-corrected chi connectivity index (χ3v) is 5.99. The summed E-state index contributed by atoms with van der Waals surface area (Å²) in [5.74, 6) is -0.494. The molecule has 1 aliphatic rings.